The molecule has 1 fully saturated rings. The molecule has 1 aliphatic heterocycles. The molecule has 0 aliphatic carbocycles. The number of carbonyl (C=O) groups is 1. The number of aromatic nitrogens is 1. The number of carbonyl (C=O) groups excluding carboxylic acids is 1. The number of nitrogens with one attached hydrogen (secondary N) is 2. The molecule has 1 atom stereocenters. The molecular formula is C28H31N5O. The zero-order valence-corrected chi connectivity index (χ0v) is 19.6. The van der Waals surface area contributed by atoms with E-state index in [0.717, 1.165) is 42.2 Å². The SMILES string of the molecule is CC1CCN(c2ccc(NC(=O)C(NCCc3ccc(C#N)cc3)c3ccccc3)nc2)CC1. The summed E-state index contributed by atoms with van der Waals surface area (Å²) >= 11 is 0. The monoisotopic (exact) mass is 453 g/mol. The molecule has 6 nitrogen and oxygen atoms in total. The maximum absolute atomic E-state index is 13.2. The molecule has 1 aliphatic rings. The minimum Gasteiger partial charge on any atom is -0.370 e. The van der Waals surface area contributed by atoms with Crippen molar-refractivity contribution >= 4 is 17.4 Å². The Bertz CT molecular complexity index is 1100. The second-order valence-corrected chi connectivity index (χ2v) is 8.92. The van der Waals surface area contributed by atoms with Crippen LogP contribution in [0.1, 0.15) is 42.5 Å². The second-order valence-electron chi connectivity index (χ2n) is 8.92. The largest absolute Gasteiger partial charge is 0.370 e. The Labute approximate surface area is 201 Å². The van der Waals surface area contributed by atoms with Crippen molar-refractivity contribution in [2.45, 2.75) is 32.2 Å². The topological polar surface area (TPSA) is 81.0 Å². The number of hydrogen-bond acceptors (Lipinski definition) is 5. The number of anilines is 2. The molecule has 0 bridgehead atoms. The summed E-state index contributed by atoms with van der Waals surface area (Å²) in [5.41, 5.74) is 3.76. The average Bonchev–Trinajstić information content (AvgIpc) is 2.88. The zero-order chi connectivity index (χ0) is 23.8. The van der Waals surface area contributed by atoms with Crippen LogP contribution in [-0.4, -0.2) is 30.5 Å². The van der Waals surface area contributed by atoms with Gasteiger partial charge >= 0.3 is 0 Å². The Morgan fingerprint density at radius 1 is 1.09 bits per heavy atom. The molecule has 4 rings (SSSR count). The van der Waals surface area contributed by atoms with Crippen LogP contribution in [0.2, 0.25) is 0 Å². The van der Waals surface area contributed by atoms with Crippen LogP contribution < -0.4 is 15.5 Å². The van der Waals surface area contributed by atoms with Crippen LogP contribution in [0.25, 0.3) is 0 Å². The molecule has 3 aromatic rings. The molecule has 2 N–H and O–H groups in total. The van der Waals surface area contributed by atoms with E-state index in [1.54, 1.807) is 0 Å². The van der Waals surface area contributed by atoms with Gasteiger partial charge in [-0.3, -0.25) is 4.79 Å². The molecule has 1 aromatic heterocycles. The summed E-state index contributed by atoms with van der Waals surface area (Å²) in [6.45, 7) is 5.02. The molecule has 2 heterocycles. The highest BCUT2D eigenvalue weighted by molar-refractivity contribution is 5.94. The van der Waals surface area contributed by atoms with Gasteiger partial charge in [0, 0.05) is 19.6 Å². The second kappa shape index (κ2) is 11.4. The van der Waals surface area contributed by atoms with Crippen molar-refractivity contribution in [2.24, 2.45) is 5.92 Å². The average molecular weight is 454 g/mol. The zero-order valence-electron chi connectivity index (χ0n) is 19.6. The van der Waals surface area contributed by atoms with E-state index in [-0.39, 0.29) is 5.91 Å². The molecule has 34 heavy (non-hydrogen) atoms. The summed E-state index contributed by atoms with van der Waals surface area (Å²) in [6, 6.07) is 22.8. The van der Waals surface area contributed by atoms with Crippen molar-refractivity contribution < 1.29 is 4.79 Å². The first-order valence-corrected chi connectivity index (χ1v) is 11.9. The lowest BCUT2D eigenvalue weighted by Gasteiger charge is -2.31. The summed E-state index contributed by atoms with van der Waals surface area (Å²) in [5.74, 6) is 1.19. The maximum atomic E-state index is 13.2. The quantitative estimate of drug-likeness (QED) is 0.517. The molecule has 174 valence electrons. The molecule has 2 aromatic carbocycles. The van der Waals surface area contributed by atoms with E-state index in [1.165, 1.54) is 12.8 Å². The molecule has 1 unspecified atom stereocenters. The van der Waals surface area contributed by atoms with Crippen LogP contribution in [0.3, 0.4) is 0 Å². The minimum atomic E-state index is -0.496. The van der Waals surface area contributed by atoms with Crippen molar-refractivity contribution in [3.05, 3.63) is 89.6 Å². The number of piperidine rings is 1. The van der Waals surface area contributed by atoms with Crippen LogP contribution in [0.15, 0.2) is 72.9 Å². The van der Waals surface area contributed by atoms with Crippen molar-refractivity contribution in [3.63, 3.8) is 0 Å². The number of hydrogen-bond donors (Lipinski definition) is 2. The van der Waals surface area contributed by atoms with Crippen LogP contribution in [0.4, 0.5) is 11.5 Å². The molecular weight excluding hydrogens is 422 g/mol. The van der Waals surface area contributed by atoms with E-state index in [9.17, 15) is 4.79 Å². The summed E-state index contributed by atoms with van der Waals surface area (Å²) in [4.78, 5) is 20.1. The standard InChI is InChI=1S/C28H31N5O/c1-21-14-17-33(18-15-21)25-11-12-26(31-20-25)32-28(34)27(24-5-3-2-4-6-24)30-16-13-22-7-9-23(19-29)10-8-22/h2-12,20-21,27,30H,13-18H2,1H3,(H,31,32,34). The Balaban J connectivity index is 1.38. The summed E-state index contributed by atoms with van der Waals surface area (Å²) in [6.07, 6.45) is 5.00. The highest BCUT2D eigenvalue weighted by Crippen LogP contribution is 2.23. The fourth-order valence-electron chi connectivity index (χ4n) is 4.23. The predicted molar refractivity (Wildman–Crippen MR) is 136 cm³/mol. The number of rotatable bonds is 8. The maximum Gasteiger partial charge on any atom is 0.247 e. The van der Waals surface area contributed by atoms with Gasteiger partial charge in [-0.05, 0) is 60.6 Å². The molecule has 6 heteroatoms. The van der Waals surface area contributed by atoms with Gasteiger partial charge in [0.2, 0.25) is 5.91 Å². The number of benzene rings is 2. The molecule has 1 amide bonds. The fourth-order valence-corrected chi connectivity index (χ4v) is 4.23. The van der Waals surface area contributed by atoms with Gasteiger partial charge in [-0.1, -0.05) is 49.4 Å². The number of nitriles is 1. The summed E-state index contributed by atoms with van der Waals surface area (Å²) in [7, 11) is 0. The first kappa shape index (κ1) is 23.5. The lowest BCUT2D eigenvalue weighted by molar-refractivity contribution is -0.118. The van der Waals surface area contributed by atoms with E-state index < -0.39 is 6.04 Å². The van der Waals surface area contributed by atoms with Crippen molar-refractivity contribution in [1.82, 2.24) is 10.3 Å². The predicted octanol–water partition coefficient (Wildman–Crippen LogP) is 4.70. The van der Waals surface area contributed by atoms with Gasteiger partial charge in [-0.2, -0.15) is 5.26 Å². The fraction of sp³-hybridized carbons (Fsp3) is 0.321. The van der Waals surface area contributed by atoms with E-state index in [2.05, 4.69) is 33.5 Å². The van der Waals surface area contributed by atoms with Crippen molar-refractivity contribution in [3.8, 4) is 6.07 Å². The highest BCUT2D eigenvalue weighted by Gasteiger charge is 2.21. The van der Waals surface area contributed by atoms with Gasteiger partial charge in [0.15, 0.2) is 0 Å². The van der Waals surface area contributed by atoms with Crippen LogP contribution in [0.5, 0.6) is 0 Å². The van der Waals surface area contributed by atoms with E-state index >= 15 is 0 Å². The van der Waals surface area contributed by atoms with Crippen molar-refractivity contribution in [2.75, 3.05) is 29.9 Å². The molecule has 0 radical (unpaired) electrons. The first-order valence-electron chi connectivity index (χ1n) is 11.9. The van der Waals surface area contributed by atoms with E-state index in [0.29, 0.717) is 17.9 Å². The summed E-state index contributed by atoms with van der Waals surface area (Å²) in [5, 5.41) is 15.3. The Hall–Kier alpha value is -3.69. The van der Waals surface area contributed by atoms with Gasteiger partial charge in [0.25, 0.3) is 0 Å². The van der Waals surface area contributed by atoms with Crippen LogP contribution >= 0.6 is 0 Å². The first-order chi connectivity index (χ1) is 16.6. The van der Waals surface area contributed by atoms with E-state index in [1.807, 2.05) is 72.9 Å². The molecule has 0 saturated carbocycles. The normalized spacial score (nSPS) is 14.9. The van der Waals surface area contributed by atoms with Crippen LogP contribution in [0, 0.1) is 17.2 Å². The van der Waals surface area contributed by atoms with Gasteiger partial charge < -0.3 is 15.5 Å². The third-order valence-electron chi connectivity index (χ3n) is 6.39. The Kier molecular flexibility index (Phi) is 7.90. The summed E-state index contributed by atoms with van der Waals surface area (Å²) < 4.78 is 0. The Morgan fingerprint density at radius 2 is 1.82 bits per heavy atom. The smallest absolute Gasteiger partial charge is 0.247 e. The van der Waals surface area contributed by atoms with Crippen molar-refractivity contribution in [1.29, 1.82) is 5.26 Å². The van der Waals surface area contributed by atoms with E-state index in [4.69, 9.17) is 5.26 Å². The van der Waals surface area contributed by atoms with Gasteiger partial charge in [-0.15, -0.1) is 0 Å². The molecule has 0 spiro atoms. The number of nitrogens with zero attached hydrogens (tertiary/aromatic N) is 3. The highest BCUT2D eigenvalue weighted by atomic mass is 16.2. The lowest BCUT2D eigenvalue weighted by Crippen LogP contribution is -2.34. The number of amides is 1. The van der Waals surface area contributed by atoms with Gasteiger partial charge in [-0.25, -0.2) is 4.98 Å². The third kappa shape index (κ3) is 6.21. The Morgan fingerprint density at radius 3 is 2.47 bits per heavy atom. The minimum absolute atomic E-state index is 0.141. The number of pyridine rings is 1. The van der Waals surface area contributed by atoms with Gasteiger partial charge in [0.05, 0.1) is 23.5 Å². The lowest BCUT2D eigenvalue weighted by atomic mass is 9.99. The third-order valence-corrected chi connectivity index (χ3v) is 6.39. The van der Waals surface area contributed by atoms with Crippen LogP contribution in [-0.2, 0) is 11.2 Å². The van der Waals surface area contributed by atoms with Gasteiger partial charge in [0.1, 0.15) is 11.9 Å². The molecule has 1 saturated heterocycles.